The van der Waals surface area contributed by atoms with Crippen LogP contribution in [0.3, 0.4) is 0 Å². The van der Waals surface area contributed by atoms with Gasteiger partial charge in [0, 0.05) is 10.9 Å². The fraction of sp³-hybridized carbons (Fsp3) is 0.333. The Morgan fingerprint density at radius 1 is 1.33 bits per heavy atom. The Morgan fingerprint density at radius 3 is 2.79 bits per heavy atom. The van der Waals surface area contributed by atoms with E-state index in [1.165, 1.54) is 23.2 Å². The van der Waals surface area contributed by atoms with E-state index in [-0.39, 0.29) is 11.7 Å². The van der Waals surface area contributed by atoms with Crippen molar-refractivity contribution in [3.05, 3.63) is 47.2 Å². The van der Waals surface area contributed by atoms with Gasteiger partial charge in [-0.25, -0.2) is 4.98 Å². The van der Waals surface area contributed by atoms with Gasteiger partial charge in [-0.1, -0.05) is 38.1 Å². The summed E-state index contributed by atoms with van der Waals surface area (Å²) in [6.45, 7) is 5.25. The van der Waals surface area contributed by atoms with Crippen molar-refractivity contribution in [1.29, 1.82) is 0 Å². The van der Waals surface area contributed by atoms with Gasteiger partial charge < -0.3 is 9.47 Å². The number of carbonyl (C=O) groups excluding carboxylic acids is 1. The summed E-state index contributed by atoms with van der Waals surface area (Å²) in [6, 6.07) is 8.42. The van der Waals surface area contributed by atoms with Gasteiger partial charge in [0.25, 0.3) is 5.91 Å². The van der Waals surface area contributed by atoms with Crippen LogP contribution in [0.5, 0.6) is 0 Å². The van der Waals surface area contributed by atoms with Gasteiger partial charge in [-0.2, -0.15) is 0 Å². The summed E-state index contributed by atoms with van der Waals surface area (Å²) in [7, 11) is 0. The summed E-state index contributed by atoms with van der Waals surface area (Å²) in [6.07, 6.45) is 2.45. The number of nitrogens with one attached hydrogen (secondary N) is 1. The van der Waals surface area contributed by atoms with Gasteiger partial charge in [-0.15, -0.1) is 11.3 Å². The largest absolute Gasteiger partial charge is 0.494 e. The zero-order valence-electron chi connectivity index (χ0n) is 13.7. The molecule has 0 aliphatic carbocycles. The molecular weight excluding hydrogens is 324 g/mol. The second kappa shape index (κ2) is 7.49. The first-order valence-electron chi connectivity index (χ1n) is 7.99. The van der Waals surface area contributed by atoms with Crippen LogP contribution in [0.15, 0.2) is 41.7 Å². The van der Waals surface area contributed by atoms with Crippen LogP contribution in [0, 0.1) is 0 Å². The summed E-state index contributed by atoms with van der Waals surface area (Å²) < 4.78 is 10.3. The number of hydrogen-bond acceptors (Lipinski definition) is 5. The van der Waals surface area contributed by atoms with Gasteiger partial charge in [0.1, 0.15) is 19.5 Å². The highest BCUT2D eigenvalue weighted by molar-refractivity contribution is 7.14. The summed E-state index contributed by atoms with van der Waals surface area (Å²) >= 11 is 1.39. The van der Waals surface area contributed by atoms with E-state index in [0.717, 1.165) is 17.7 Å². The van der Waals surface area contributed by atoms with Gasteiger partial charge in [0.2, 0.25) is 5.76 Å². The number of thiazole rings is 1. The smallest absolute Gasteiger partial charge is 0.295 e. The molecule has 0 unspecified atom stereocenters. The number of carbonyl (C=O) groups is 1. The maximum atomic E-state index is 12.0. The molecule has 0 radical (unpaired) electrons. The van der Waals surface area contributed by atoms with Gasteiger partial charge in [0.05, 0.1) is 5.69 Å². The molecule has 1 aliphatic rings. The van der Waals surface area contributed by atoms with Crippen LogP contribution >= 0.6 is 11.3 Å². The van der Waals surface area contributed by atoms with E-state index >= 15 is 0 Å². The molecule has 1 aromatic heterocycles. The molecule has 1 aliphatic heterocycles. The molecule has 0 spiro atoms. The number of ether oxygens (including phenoxy) is 2. The SMILES string of the molecule is CC[C@@H](C)c1ccc(-c2csc(NC(=O)C3=COCCO3)n2)cc1. The number of hydrogen-bond donors (Lipinski definition) is 1. The normalized spacial score (nSPS) is 15.0. The van der Waals surface area contributed by atoms with Gasteiger partial charge in [-0.3, -0.25) is 10.1 Å². The zero-order valence-corrected chi connectivity index (χ0v) is 14.6. The zero-order chi connectivity index (χ0) is 16.9. The predicted octanol–water partition coefficient (Wildman–Crippen LogP) is 4.15. The number of nitrogens with zero attached hydrogens (tertiary/aromatic N) is 1. The Labute approximate surface area is 145 Å². The highest BCUT2D eigenvalue weighted by Gasteiger charge is 2.17. The van der Waals surface area contributed by atoms with Crippen molar-refractivity contribution in [3.63, 3.8) is 0 Å². The summed E-state index contributed by atoms with van der Waals surface area (Å²) in [5.74, 6) is 0.383. The van der Waals surface area contributed by atoms with Crippen LogP contribution < -0.4 is 5.32 Å². The van der Waals surface area contributed by atoms with Crippen molar-refractivity contribution < 1.29 is 14.3 Å². The lowest BCUT2D eigenvalue weighted by Gasteiger charge is -2.14. The lowest BCUT2D eigenvalue weighted by atomic mass is 9.97. The number of benzene rings is 1. The molecule has 0 saturated carbocycles. The molecule has 0 fully saturated rings. The summed E-state index contributed by atoms with van der Waals surface area (Å²) in [5, 5.41) is 5.20. The second-order valence-electron chi connectivity index (χ2n) is 5.62. The minimum Gasteiger partial charge on any atom is -0.494 e. The molecule has 2 aromatic rings. The maximum absolute atomic E-state index is 12.0. The Morgan fingerprint density at radius 2 is 2.12 bits per heavy atom. The molecule has 1 amide bonds. The van der Waals surface area contributed by atoms with Gasteiger partial charge in [0.15, 0.2) is 5.13 Å². The first kappa shape index (κ1) is 16.5. The van der Waals surface area contributed by atoms with Crippen LogP contribution in [0.25, 0.3) is 11.3 Å². The Hall–Kier alpha value is -2.34. The van der Waals surface area contributed by atoms with Crippen LogP contribution in [0.4, 0.5) is 5.13 Å². The molecule has 5 nitrogen and oxygen atoms in total. The van der Waals surface area contributed by atoms with Crippen LogP contribution in [0.1, 0.15) is 31.7 Å². The molecular formula is C18H20N2O3S. The van der Waals surface area contributed by atoms with Crippen molar-refractivity contribution in [1.82, 2.24) is 4.98 Å². The third-order valence-electron chi connectivity index (χ3n) is 3.99. The minimum atomic E-state index is -0.345. The van der Waals surface area contributed by atoms with E-state index in [4.69, 9.17) is 9.47 Å². The predicted molar refractivity (Wildman–Crippen MR) is 94.9 cm³/mol. The Bertz CT molecular complexity index is 737. The van der Waals surface area contributed by atoms with Crippen molar-refractivity contribution >= 4 is 22.4 Å². The molecule has 126 valence electrons. The van der Waals surface area contributed by atoms with E-state index < -0.39 is 0 Å². The van der Waals surface area contributed by atoms with E-state index in [1.807, 2.05) is 5.38 Å². The second-order valence-corrected chi connectivity index (χ2v) is 6.48. The highest BCUT2D eigenvalue weighted by Crippen LogP contribution is 2.27. The molecule has 1 aromatic carbocycles. The molecule has 6 heteroatoms. The van der Waals surface area contributed by atoms with Crippen molar-refractivity contribution in [3.8, 4) is 11.3 Å². The average Bonchev–Trinajstić information content (AvgIpc) is 3.10. The minimum absolute atomic E-state index is 0.177. The Kier molecular flexibility index (Phi) is 5.15. The monoisotopic (exact) mass is 344 g/mol. The first-order valence-corrected chi connectivity index (χ1v) is 8.87. The van der Waals surface area contributed by atoms with Gasteiger partial charge in [-0.05, 0) is 17.9 Å². The lowest BCUT2D eigenvalue weighted by molar-refractivity contribution is -0.117. The molecule has 24 heavy (non-hydrogen) atoms. The summed E-state index contributed by atoms with van der Waals surface area (Å²) in [5.41, 5.74) is 3.21. The van der Waals surface area contributed by atoms with Gasteiger partial charge >= 0.3 is 0 Å². The topological polar surface area (TPSA) is 60.5 Å². The number of amides is 1. The molecule has 2 heterocycles. The van der Waals surface area contributed by atoms with E-state index in [9.17, 15) is 4.79 Å². The average molecular weight is 344 g/mol. The van der Waals surface area contributed by atoms with Crippen molar-refractivity contribution in [2.75, 3.05) is 18.5 Å². The van der Waals surface area contributed by atoms with Crippen LogP contribution in [-0.4, -0.2) is 24.1 Å². The van der Waals surface area contributed by atoms with E-state index in [0.29, 0.717) is 24.3 Å². The van der Waals surface area contributed by atoms with Crippen molar-refractivity contribution in [2.24, 2.45) is 0 Å². The fourth-order valence-corrected chi connectivity index (χ4v) is 3.04. The Balaban J connectivity index is 1.69. The van der Waals surface area contributed by atoms with E-state index in [2.05, 4.69) is 48.4 Å². The molecule has 3 rings (SSSR count). The quantitative estimate of drug-likeness (QED) is 0.885. The first-order chi connectivity index (χ1) is 11.7. The van der Waals surface area contributed by atoms with Crippen LogP contribution in [-0.2, 0) is 14.3 Å². The van der Waals surface area contributed by atoms with E-state index in [1.54, 1.807) is 0 Å². The highest BCUT2D eigenvalue weighted by atomic mass is 32.1. The van der Waals surface area contributed by atoms with Crippen molar-refractivity contribution in [2.45, 2.75) is 26.2 Å². The third kappa shape index (κ3) is 3.76. The van der Waals surface area contributed by atoms with Crippen LogP contribution in [0.2, 0.25) is 0 Å². The number of aromatic nitrogens is 1. The third-order valence-corrected chi connectivity index (χ3v) is 4.74. The fourth-order valence-electron chi connectivity index (χ4n) is 2.33. The maximum Gasteiger partial charge on any atom is 0.295 e. The summed E-state index contributed by atoms with van der Waals surface area (Å²) in [4.78, 5) is 16.5. The standard InChI is InChI=1S/C18H20N2O3S/c1-3-12(2)13-4-6-14(7-5-13)15-11-24-18(19-15)20-17(21)16-10-22-8-9-23-16/h4-7,10-12H,3,8-9H2,1-2H3,(H,19,20,21)/t12-/m1/s1. The molecule has 1 N–H and O–H groups in total. The lowest BCUT2D eigenvalue weighted by Crippen LogP contribution is -2.21. The molecule has 0 saturated heterocycles. The molecule has 1 atom stereocenters. The molecule has 0 bridgehead atoms. The number of anilines is 1. The number of rotatable bonds is 5.